The van der Waals surface area contributed by atoms with Crippen LogP contribution in [0.5, 0.6) is 0 Å². The molecule has 0 radical (unpaired) electrons. The van der Waals surface area contributed by atoms with Gasteiger partial charge in [-0.25, -0.2) is 0 Å². The highest BCUT2D eigenvalue weighted by Crippen LogP contribution is 2.24. The van der Waals surface area contributed by atoms with E-state index >= 15 is 0 Å². The van der Waals surface area contributed by atoms with Crippen molar-refractivity contribution in [2.75, 3.05) is 0 Å². The standard InChI is InChI=1S/C18H24N2O2S/c1-4-9-19-12(2)10-14(13(19)3)16(21)11-20-15-7-5-6-8-17(15)23-18(20)22/h10H,4-9,11H2,1-3H3. The number of thiazole rings is 1. The summed E-state index contributed by atoms with van der Waals surface area (Å²) >= 11 is 1.32. The molecule has 1 aliphatic rings. The van der Waals surface area contributed by atoms with Gasteiger partial charge in [0.1, 0.15) is 0 Å². The summed E-state index contributed by atoms with van der Waals surface area (Å²) in [5.74, 6) is 0.0497. The summed E-state index contributed by atoms with van der Waals surface area (Å²) in [7, 11) is 0. The normalized spacial score (nSPS) is 14.0. The lowest BCUT2D eigenvalue weighted by atomic mass is 10.0. The Morgan fingerprint density at radius 3 is 2.70 bits per heavy atom. The quantitative estimate of drug-likeness (QED) is 0.787. The summed E-state index contributed by atoms with van der Waals surface area (Å²) in [6.07, 6.45) is 5.22. The molecule has 0 atom stereocenters. The van der Waals surface area contributed by atoms with Crippen LogP contribution in [0.3, 0.4) is 0 Å². The molecule has 0 N–H and O–H groups in total. The molecule has 0 aromatic carbocycles. The van der Waals surface area contributed by atoms with E-state index in [1.807, 2.05) is 19.9 Å². The molecule has 0 unspecified atom stereocenters. The molecule has 0 amide bonds. The minimum absolute atomic E-state index is 0.0209. The highest BCUT2D eigenvalue weighted by molar-refractivity contribution is 7.09. The number of carbonyl (C=O) groups is 1. The molecule has 0 bridgehead atoms. The van der Waals surface area contributed by atoms with Crippen LogP contribution in [0.15, 0.2) is 10.9 Å². The molecule has 0 saturated heterocycles. The fraction of sp³-hybridized carbons (Fsp3) is 0.556. The Kier molecular flexibility index (Phi) is 4.57. The van der Waals surface area contributed by atoms with Gasteiger partial charge < -0.3 is 4.57 Å². The third kappa shape index (κ3) is 2.94. The molecule has 0 aliphatic heterocycles. The lowest BCUT2D eigenvalue weighted by Crippen LogP contribution is -2.23. The molecule has 3 rings (SSSR count). The lowest BCUT2D eigenvalue weighted by molar-refractivity contribution is 0.0969. The first-order chi connectivity index (χ1) is 11.0. The first-order valence-electron chi connectivity index (χ1n) is 8.44. The maximum atomic E-state index is 12.8. The average molecular weight is 332 g/mol. The molecule has 2 aromatic heterocycles. The summed E-state index contributed by atoms with van der Waals surface area (Å²) in [5, 5.41) is 0. The van der Waals surface area contributed by atoms with Crippen molar-refractivity contribution in [1.82, 2.24) is 9.13 Å². The van der Waals surface area contributed by atoms with Crippen molar-refractivity contribution in [2.45, 2.75) is 66.0 Å². The molecule has 2 heterocycles. The molecule has 0 saturated carbocycles. The van der Waals surface area contributed by atoms with Crippen LogP contribution in [0.2, 0.25) is 0 Å². The van der Waals surface area contributed by atoms with Gasteiger partial charge in [-0.05, 0) is 52.0 Å². The van der Waals surface area contributed by atoms with Gasteiger partial charge in [0.15, 0.2) is 5.78 Å². The van der Waals surface area contributed by atoms with Gasteiger partial charge in [0.2, 0.25) is 0 Å². The van der Waals surface area contributed by atoms with Crippen molar-refractivity contribution < 1.29 is 4.79 Å². The third-order valence-electron chi connectivity index (χ3n) is 4.77. The molecule has 5 heteroatoms. The number of nitrogens with zero attached hydrogens (tertiary/aromatic N) is 2. The molecule has 4 nitrogen and oxygen atoms in total. The topological polar surface area (TPSA) is 44.0 Å². The van der Waals surface area contributed by atoms with E-state index < -0.39 is 0 Å². The van der Waals surface area contributed by atoms with Crippen LogP contribution < -0.4 is 4.87 Å². The smallest absolute Gasteiger partial charge is 0.307 e. The maximum absolute atomic E-state index is 12.8. The maximum Gasteiger partial charge on any atom is 0.307 e. The Bertz CT molecular complexity index is 795. The van der Waals surface area contributed by atoms with Crippen molar-refractivity contribution in [3.63, 3.8) is 0 Å². The summed E-state index contributed by atoms with van der Waals surface area (Å²) in [4.78, 5) is 26.2. The number of hydrogen-bond acceptors (Lipinski definition) is 3. The van der Waals surface area contributed by atoms with E-state index in [-0.39, 0.29) is 17.2 Å². The van der Waals surface area contributed by atoms with Gasteiger partial charge in [-0.2, -0.15) is 0 Å². The van der Waals surface area contributed by atoms with Crippen molar-refractivity contribution in [2.24, 2.45) is 0 Å². The zero-order valence-corrected chi connectivity index (χ0v) is 15.0. The zero-order chi connectivity index (χ0) is 16.6. The molecular weight excluding hydrogens is 308 g/mol. The highest BCUT2D eigenvalue weighted by atomic mass is 32.1. The number of fused-ring (bicyclic) bond motifs is 1. The number of carbonyl (C=O) groups excluding carboxylic acids is 1. The van der Waals surface area contributed by atoms with Crippen LogP contribution in [0, 0.1) is 13.8 Å². The van der Waals surface area contributed by atoms with Gasteiger partial charge in [0.05, 0.1) is 6.54 Å². The second-order valence-electron chi connectivity index (χ2n) is 6.39. The van der Waals surface area contributed by atoms with Crippen molar-refractivity contribution in [3.05, 3.63) is 43.3 Å². The van der Waals surface area contributed by atoms with Gasteiger partial charge in [0.25, 0.3) is 0 Å². The number of Topliss-reactive ketones (excluding diaryl/α,β-unsaturated/α-hetero) is 1. The fourth-order valence-electron chi connectivity index (χ4n) is 3.57. The summed E-state index contributed by atoms with van der Waals surface area (Å²) in [6.45, 7) is 7.29. The number of ketones is 1. The number of aromatic nitrogens is 2. The number of rotatable bonds is 5. The predicted octanol–water partition coefficient (Wildman–Crippen LogP) is 3.50. The van der Waals surface area contributed by atoms with Gasteiger partial charge in [-0.1, -0.05) is 18.3 Å². The second-order valence-corrected chi connectivity index (χ2v) is 7.44. The molecule has 0 spiro atoms. The minimum atomic E-state index is 0.0209. The van der Waals surface area contributed by atoms with Crippen molar-refractivity contribution in [1.29, 1.82) is 0 Å². The fourth-order valence-corrected chi connectivity index (χ4v) is 4.64. The number of hydrogen-bond donors (Lipinski definition) is 0. The van der Waals surface area contributed by atoms with Gasteiger partial charge in [-0.15, -0.1) is 0 Å². The summed E-state index contributed by atoms with van der Waals surface area (Å²) in [6, 6.07) is 1.97. The van der Waals surface area contributed by atoms with E-state index in [0.717, 1.165) is 61.3 Å². The predicted molar refractivity (Wildman–Crippen MR) is 93.7 cm³/mol. The van der Waals surface area contributed by atoms with Crippen LogP contribution in [0.1, 0.15) is 58.5 Å². The minimum Gasteiger partial charge on any atom is -0.348 e. The monoisotopic (exact) mass is 332 g/mol. The first kappa shape index (κ1) is 16.2. The largest absolute Gasteiger partial charge is 0.348 e. The Morgan fingerprint density at radius 1 is 1.22 bits per heavy atom. The summed E-state index contributed by atoms with van der Waals surface area (Å²) < 4.78 is 3.91. The van der Waals surface area contributed by atoms with E-state index in [2.05, 4.69) is 11.5 Å². The van der Waals surface area contributed by atoms with Crippen LogP contribution in [-0.4, -0.2) is 14.9 Å². The van der Waals surface area contributed by atoms with E-state index in [0.29, 0.717) is 0 Å². The summed E-state index contributed by atoms with van der Waals surface area (Å²) in [5.41, 5.74) is 4.00. The van der Waals surface area contributed by atoms with E-state index in [1.54, 1.807) is 4.57 Å². The Morgan fingerprint density at radius 2 is 1.96 bits per heavy atom. The van der Waals surface area contributed by atoms with Gasteiger partial charge in [-0.3, -0.25) is 14.2 Å². The Balaban J connectivity index is 1.90. The van der Waals surface area contributed by atoms with Gasteiger partial charge in [0, 0.05) is 34.1 Å². The molecule has 0 fully saturated rings. The average Bonchev–Trinajstić information content (AvgIpc) is 2.99. The third-order valence-corrected chi connectivity index (χ3v) is 5.85. The van der Waals surface area contributed by atoms with Crippen molar-refractivity contribution in [3.8, 4) is 0 Å². The van der Waals surface area contributed by atoms with Gasteiger partial charge >= 0.3 is 4.87 Å². The molecule has 1 aliphatic carbocycles. The van der Waals surface area contributed by atoms with E-state index in [9.17, 15) is 9.59 Å². The Hall–Kier alpha value is -1.62. The molecule has 124 valence electrons. The van der Waals surface area contributed by atoms with Crippen molar-refractivity contribution >= 4 is 17.1 Å². The van der Waals surface area contributed by atoms with E-state index in [1.165, 1.54) is 16.2 Å². The van der Waals surface area contributed by atoms with Crippen LogP contribution in [0.4, 0.5) is 0 Å². The zero-order valence-electron chi connectivity index (χ0n) is 14.1. The van der Waals surface area contributed by atoms with E-state index in [4.69, 9.17) is 0 Å². The number of aryl methyl sites for hydroxylation is 2. The second kappa shape index (κ2) is 6.48. The Labute approximate surface area is 140 Å². The van der Waals surface area contributed by atoms with Crippen LogP contribution in [0.25, 0.3) is 0 Å². The molecule has 23 heavy (non-hydrogen) atoms. The SMILES string of the molecule is CCCn1c(C)cc(C(=O)Cn2c3c(sc2=O)CCCC3)c1C. The van der Waals surface area contributed by atoms with Crippen LogP contribution in [-0.2, 0) is 25.9 Å². The van der Waals surface area contributed by atoms with Crippen LogP contribution >= 0.6 is 11.3 Å². The molecular formula is C18H24N2O2S. The lowest BCUT2D eigenvalue weighted by Gasteiger charge is -2.13. The first-order valence-corrected chi connectivity index (χ1v) is 9.25. The highest BCUT2D eigenvalue weighted by Gasteiger charge is 2.22. The molecule has 2 aromatic rings.